The minimum Gasteiger partial charge on any atom is -0.478 e. The Kier molecular flexibility index (Phi) is 2.62. The average Bonchev–Trinajstić information content (AvgIpc) is 2.71. The number of hydrogen-bond acceptors (Lipinski definition) is 3. The van der Waals surface area contributed by atoms with Gasteiger partial charge in [0.2, 0.25) is 0 Å². The van der Waals surface area contributed by atoms with Gasteiger partial charge in [0.1, 0.15) is 10.6 Å². The fourth-order valence-corrected chi connectivity index (χ4v) is 2.68. The Balaban J connectivity index is 2.50. The van der Waals surface area contributed by atoms with Gasteiger partial charge in [0, 0.05) is 9.85 Å². The van der Waals surface area contributed by atoms with Crippen molar-refractivity contribution in [2.45, 2.75) is 6.92 Å². The van der Waals surface area contributed by atoms with Crippen LogP contribution in [0.5, 0.6) is 0 Å². The molecule has 0 aliphatic carbocycles. The maximum atomic E-state index is 10.8. The van der Waals surface area contributed by atoms with Crippen molar-refractivity contribution in [1.82, 2.24) is 9.78 Å². The van der Waals surface area contributed by atoms with E-state index in [1.165, 1.54) is 17.5 Å². The summed E-state index contributed by atoms with van der Waals surface area (Å²) in [7, 11) is 0. The first kappa shape index (κ1) is 10.4. The number of hydrogen-bond donors (Lipinski definition) is 1. The maximum Gasteiger partial charge on any atom is 0.339 e. The van der Waals surface area contributed by atoms with Crippen molar-refractivity contribution in [3.05, 3.63) is 33.4 Å². The molecule has 0 atom stereocenters. The molecule has 0 saturated carbocycles. The number of carbonyl (C=O) groups is 1. The Morgan fingerprint density at radius 2 is 2.40 bits per heavy atom. The largest absolute Gasteiger partial charge is 0.478 e. The molecule has 0 fully saturated rings. The number of thiophene rings is 1. The average molecular weight is 287 g/mol. The smallest absolute Gasteiger partial charge is 0.339 e. The minimum atomic E-state index is -0.950. The first-order valence-electron chi connectivity index (χ1n) is 4.12. The van der Waals surface area contributed by atoms with Gasteiger partial charge in [0.05, 0.1) is 11.9 Å². The van der Waals surface area contributed by atoms with Gasteiger partial charge in [-0.25, -0.2) is 9.48 Å². The van der Waals surface area contributed by atoms with Crippen LogP contribution in [-0.4, -0.2) is 20.9 Å². The lowest BCUT2D eigenvalue weighted by atomic mass is 10.3. The summed E-state index contributed by atoms with van der Waals surface area (Å²) in [4.78, 5) is 10.8. The lowest BCUT2D eigenvalue weighted by Gasteiger charge is -1.99. The number of carboxylic acid groups (broad SMARTS) is 1. The summed E-state index contributed by atoms with van der Waals surface area (Å²) >= 11 is 4.85. The van der Waals surface area contributed by atoms with Crippen molar-refractivity contribution in [2.24, 2.45) is 0 Å². The molecule has 2 rings (SSSR count). The number of aromatic carboxylic acids is 1. The van der Waals surface area contributed by atoms with Crippen LogP contribution in [0.2, 0.25) is 0 Å². The first-order chi connectivity index (χ1) is 7.09. The highest BCUT2D eigenvalue weighted by molar-refractivity contribution is 9.10. The predicted molar refractivity (Wildman–Crippen MR) is 60.8 cm³/mol. The highest BCUT2D eigenvalue weighted by atomic mass is 79.9. The SMILES string of the molecule is Cc1c(C(=O)O)cnn1-c1cc(Br)cs1. The van der Waals surface area contributed by atoms with Gasteiger partial charge in [-0.2, -0.15) is 5.10 Å². The molecular weight excluding hydrogens is 280 g/mol. The summed E-state index contributed by atoms with van der Waals surface area (Å²) in [6.07, 6.45) is 1.37. The van der Waals surface area contributed by atoms with E-state index in [2.05, 4.69) is 21.0 Å². The molecule has 15 heavy (non-hydrogen) atoms. The molecule has 0 saturated heterocycles. The van der Waals surface area contributed by atoms with E-state index in [0.717, 1.165) is 9.47 Å². The van der Waals surface area contributed by atoms with Crippen molar-refractivity contribution in [2.75, 3.05) is 0 Å². The molecule has 2 aromatic rings. The predicted octanol–water partition coefficient (Wildman–Crippen LogP) is 2.70. The van der Waals surface area contributed by atoms with E-state index in [1.807, 2.05) is 11.4 Å². The quantitative estimate of drug-likeness (QED) is 0.924. The Morgan fingerprint density at radius 3 is 2.87 bits per heavy atom. The van der Waals surface area contributed by atoms with Crippen LogP contribution >= 0.6 is 27.3 Å². The molecule has 6 heteroatoms. The second-order valence-electron chi connectivity index (χ2n) is 2.96. The lowest BCUT2D eigenvalue weighted by Crippen LogP contribution is -2.00. The van der Waals surface area contributed by atoms with Crippen LogP contribution in [-0.2, 0) is 0 Å². The van der Waals surface area contributed by atoms with Crippen LogP contribution < -0.4 is 0 Å². The molecule has 1 N–H and O–H groups in total. The molecule has 0 amide bonds. The Hall–Kier alpha value is -1.14. The highest BCUT2D eigenvalue weighted by Gasteiger charge is 2.14. The fourth-order valence-electron chi connectivity index (χ4n) is 1.26. The standard InChI is InChI=1S/C9H7BrN2O2S/c1-5-7(9(13)14)3-11-12(5)8-2-6(10)4-15-8/h2-4H,1H3,(H,13,14). The van der Waals surface area contributed by atoms with Crippen LogP contribution in [0, 0.1) is 6.92 Å². The third-order valence-corrected chi connectivity index (χ3v) is 3.67. The summed E-state index contributed by atoms with van der Waals surface area (Å²) in [5.74, 6) is -0.950. The molecule has 0 aliphatic heterocycles. The number of carboxylic acids is 1. The van der Waals surface area contributed by atoms with E-state index in [-0.39, 0.29) is 5.56 Å². The van der Waals surface area contributed by atoms with Gasteiger partial charge in [0.15, 0.2) is 0 Å². The van der Waals surface area contributed by atoms with Gasteiger partial charge in [-0.1, -0.05) is 0 Å². The van der Waals surface area contributed by atoms with Crippen LogP contribution in [0.3, 0.4) is 0 Å². The van der Waals surface area contributed by atoms with Crippen molar-refractivity contribution in [3.63, 3.8) is 0 Å². The molecule has 0 radical (unpaired) electrons. The van der Waals surface area contributed by atoms with E-state index >= 15 is 0 Å². The van der Waals surface area contributed by atoms with Crippen LogP contribution in [0.25, 0.3) is 5.00 Å². The molecule has 0 aromatic carbocycles. The first-order valence-corrected chi connectivity index (χ1v) is 5.79. The highest BCUT2D eigenvalue weighted by Crippen LogP contribution is 2.24. The minimum absolute atomic E-state index is 0.236. The van der Waals surface area contributed by atoms with Gasteiger partial charge in [-0.15, -0.1) is 11.3 Å². The van der Waals surface area contributed by atoms with Crippen LogP contribution in [0.4, 0.5) is 0 Å². The van der Waals surface area contributed by atoms with Crippen molar-refractivity contribution in [3.8, 4) is 5.00 Å². The van der Waals surface area contributed by atoms with Crippen molar-refractivity contribution < 1.29 is 9.90 Å². The summed E-state index contributed by atoms with van der Waals surface area (Å²) in [5, 5.41) is 15.7. The summed E-state index contributed by atoms with van der Waals surface area (Å²) in [6.45, 7) is 1.74. The number of nitrogens with zero attached hydrogens (tertiary/aromatic N) is 2. The monoisotopic (exact) mass is 286 g/mol. The van der Waals surface area contributed by atoms with Crippen LogP contribution in [0.1, 0.15) is 16.1 Å². The van der Waals surface area contributed by atoms with E-state index in [9.17, 15) is 4.79 Å². The number of halogens is 1. The fraction of sp³-hybridized carbons (Fsp3) is 0.111. The zero-order chi connectivity index (χ0) is 11.0. The van der Waals surface area contributed by atoms with Crippen molar-refractivity contribution >= 4 is 33.2 Å². The molecule has 2 aromatic heterocycles. The van der Waals surface area contributed by atoms with Gasteiger partial charge in [-0.05, 0) is 28.9 Å². The second kappa shape index (κ2) is 3.79. The van der Waals surface area contributed by atoms with Gasteiger partial charge in [0.25, 0.3) is 0 Å². The molecule has 0 unspecified atom stereocenters. The third-order valence-electron chi connectivity index (χ3n) is 2.00. The normalized spacial score (nSPS) is 10.5. The summed E-state index contributed by atoms with van der Waals surface area (Å²) < 4.78 is 2.59. The topological polar surface area (TPSA) is 55.1 Å². The van der Waals surface area contributed by atoms with Crippen LogP contribution in [0.15, 0.2) is 22.1 Å². The van der Waals surface area contributed by atoms with E-state index in [0.29, 0.717) is 5.69 Å². The Labute approximate surface area is 98.3 Å². The molecule has 0 bridgehead atoms. The van der Waals surface area contributed by atoms with E-state index in [4.69, 9.17) is 5.11 Å². The maximum absolute atomic E-state index is 10.8. The Morgan fingerprint density at radius 1 is 1.67 bits per heavy atom. The summed E-state index contributed by atoms with van der Waals surface area (Å²) in [6, 6.07) is 1.90. The van der Waals surface area contributed by atoms with Gasteiger partial charge in [-0.3, -0.25) is 0 Å². The third kappa shape index (κ3) is 1.82. The molecule has 2 heterocycles. The van der Waals surface area contributed by atoms with E-state index in [1.54, 1.807) is 11.6 Å². The molecule has 78 valence electrons. The molecule has 0 spiro atoms. The molecular formula is C9H7BrN2O2S. The number of rotatable bonds is 2. The molecule has 4 nitrogen and oxygen atoms in total. The second-order valence-corrected chi connectivity index (χ2v) is 4.77. The van der Waals surface area contributed by atoms with Crippen molar-refractivity contribution in [1.29, 1.82) is 0 Å². The van der Waals surface area contributed by atoms with Gasteiger partial charge < -0.3 is 5.11 Å². The molecule has 0 aliphatic rings. The zero-order valence-corrected chi connectivity index (χ0v) is 10.2. The Bertz CT molecular complexity index is 518. The number of aromatic nitrogens is 2. The van der Waals surface area contributed by atoms with E-state index < -0.39 is 5.97 Å². The zero-order valence-electron chi connectivity index (χ0n) is 7.77. The lowest BCUT2D eigenvalue weighted by molar-refractivity contribution is 0.0696. The summed E-state index contributed by atoms with van der Waals surface area (Å²) in [5.41, 5.74) is 0.872. The van der Waals surface area contributed by atoms with Gasteiger partial charge >= 0.3 is 5.97 Å².